The van der Waals surface area contributed by atoms with E-state index < -0.39 is 23.2 Å². The van der Waals surface area contributed by atoms with E-state index in [1.54, 1.807) is 0 Å². The van der Waals surface area contributed by atoms with Gasteiger partial charge in [-0.1, -0.05) is 15.9 Å². The first-order chi connectivity index (χ1) is 4.04. The minimum atomic E-state index is -1.45. The maximum atomic E-state index is 9.79. The van der Waals surface area contributed by atoms with Crippen molar-refractivity contribution in [2.24, 2.45) is 0 Å². The third-order valence-corrected chi connectivity index (χ3v) is 1.30. The molecular formula is C4H7BrN2O4Pt. The first-order valence-corrected chi connectivity index (χ1v) is 3.00. The Morgan fingerprint density at radius 2 is 1.58 bits per heavy atom. The largest absolute Gasteiger partial charge is 4.00 e. The molecule has 0 fully saturated rings. The number of carboxylic acid groups (broad SMARTS) is 2. The average molecular weight is 422 g/mol. The van der Waals surface area contributed by atoms with Crippen LogP contribution in [0.5, 0.6) is 0 Å². The van der Waals surface area contributed by atoms with Crippen LogP contribution in [0.2, 0.25) is 0 Å². The summed E-state index contributed by atoms with van der Waals surface area (Å²) in [6.45, 7) is 0. The number of carbonyl (C=O) groups excluding carboxylic acids is 2. The zero-order valence-electron chi connectivity index (χ0n) is 5.77. The quantitative estimate of drug-likeness (QED) is 0.541. The van der Waals surface area contributed by atoms with E-state index in [0.29, 0.717) is 0 Å². The number of nitrogens with two attached hydrogens (primary N) is 2. The van der Waals surface area contributed by atoms with Crippen molar-refractivity contribution in [3.63, 3.8) is 0 Å². The molecular weight excluding hydrogens is 415 g/mol. The number of hydrogen-bond acceptors (Lipinski definition) is 4. The molecule has 8 heteroatoms. The van der Waals surface area contributed by atoms with E-state index in [-0.39, 0.29) is 33.4 Å². The fraction of sp³-hybridized carbons (Fsp3) is 0.500. The zero-order valence-corrected chi connectivity index (χ0v) is 9.62. The maximum Gasteiger partial charge on any atom is 4.00 e. The van der Waals surface area contributed by atoms with Gasteiger partial charge in [-0.05, 0) is 0 Å². The van der Waals surface area contributed by atoms with Crippen molar-refractivity contribution in [3.8, 4) is 0 Å². The van der Waals surface area contributed by atoms with E-state index in [0.717, 1.165) is 0 Å². The topological polar surface area (TPSA) is 147 Å². The molecule has 0 radical (unpaired) electrons. The van der Waals surface area contributed by atoms with Crippen molar-refractivity contribution in [2.75, 3.05) is 0 Å². The molecule has 0 aliphatic rings. The van der Waals surface area contributed by atoms with Crippen LogP contribution < -0.4 is 10.2 Å². The first-order valence-electron chi connectivity index (χ1n) is 2.09. The molecule has 0 aromatic rings. The molecule has 0 bridgehead atoms. The van der Waals surface area contributed by atoms with Crippen molar-refractivity contribution < 1.29 is 40.9 Å². The minimum absolute atomic E-state index is 0. The second-order valence-electron chi connectivity index (χ2n) is 1.36. The summed E-state index contributed by atoms with van der Waals surface area (Å²) in [5.74, 6) is -2.86. The third-order valence-electron chi connectivity index (χ3n) is 0.602. The van der Waals surface area contributed by atoms with Crippen molar-refractivity contribution in [2.45, 2.75) is 11.2 Å². The number of halogens is 1. The number of rotatable bonds is 3. The Morgan fingerprint density at radius 1 is 1.25 bits per heavy atom. The van der Waals surface area contributed by atoms with Gasteiger partial charge in [0.05, 0.1) is 10.8 Å². The van der Waals surface area contributed by atoms with Gasteiger partial charge in [0, 0.05) is 12.4 Å². The molecule has 0 aromatic heterocycles. The Labute approximate surface area is 92.3 Å². The van der Waals surface area contributed by atoms with Crippen molar-refractivity contribution in [1.82, 2.24) is 0 Å². The Kier molecular flexibility index (Phi) is 20.9. The van der Waals surface area contributed by atoms with E-state index in [9.17, 15) is 19.8 Å². The third kappa shape index (κ3) is 12.7. The molecule has 0 spiro atoms. The van der Waals surface area contributed by atoms with Gasteiger partial charge in [0.25, 0.3) is 0 Å². The predicted octanol–water partition coefficient (Wildman–Crippen LogP) is -0.929. The smallest absolute Gasteiger partial charge is 0.693 e. The summed E-state index contributed by atoms with van der Waals surface area (Å²) in [7, 11) is 0. The Morgan fingerprint density at radius 3 is 1.67 bits per heavy atom. The van der Waals surface area contributed by atoms with Crippen molar-refractivity contribution in [1.29, 1.82) is 0 Å². The van der Waals surface area contributed by atoms with Crippen LogP contribution in [0.25, 0.3) is 12.3 Å². The standard InChI is InChI=1S/C4H5BrO4.2H2N.Pt/c5-2(4(8)9)1-3(6)7;;;/h2H,1H2,(H,6,7)(H,8,9);2*1H2;/q;2*-1;+4/p-2. The van der Waals surface area contributed by atoms with Crippen molar-refractivity contribution in [3.05, 3.63) is 12.3 Å². The van der Waals surface area contributed by atoms with Crippen LogP contribution in [-0.4, -0.2) is 16.8 Å². The van der Waals surface area contributed by atoms with Crippen LogP contribution in [-0.2, 0) is 30.7 Å². The summed E-state index contributed by atoms with van der Waals surface area (Å²) in [6, 6.07) is 0. The summed E-state index contributed by atoms with van der Waals surface area (Å²) in [5, 5.41) is 19.5. The molecule has 6 nitrogen and oxygen atoms in total. The average Bonchev–Trinajstić information content (AvgIpc) is 1.63. The molecule has 0 saturated heterocycles. The van der Waals surface area contributed by atoms with Crippen LogP contribution in [0.4, 0.5) is 0 Å². The fourth-order valence-corrected chi connectivity index (χ4v) is 0.494. The van der Waals surface area contributed by atoms with E-state index in [4.69, 9.17) is 0 Å². The number of alkyl halides is 1. The van der Waals surface area contributed by atoms with Gasteiger partial charge in [-0.15, -0.1) is 0 Å². The molecule has 0 heterocycles. The second-order valence-corrected chi connectivity index (χ2v) is 2.47. The SMILES string of the molecule is O=C([O-])CC(Br)C(=O)[O-].[NH2-].[NH2-].[Pt+4]. The minimum Gasteiger partial charge on any atom is -0.693 e. The van der Waals surface area contributed by atoms with E-state index in [1.807, 2.05) is 0 Å². The second kappa shape index (κ2) is 11.0. The van der Waals surface area contributed by atoms with Gasteiger partial charge in [0.1, 0.15) is 0 Å². The molecule has 0 rings (SSSR count). The number of aliphatic carboxylic acids is 2. The van der Waals surface area contributed by atoms with Gasteiger partial charge in [-0.2, -0.15) is 0 Å². The van der Waals surface area contributed by atoms with Gasteiger partial charge in [0.15, 0.2) is 0 Å². The predicted molar refractivity (Wildman–Crippen MR) is 37.9 cm³/mol. The molecule has 0 aliphatic carbocycles. The van der Waals surface area contributed by atoms with Gasteiger partial charge < -0.3 is 32.1 Å². The maximum absolute atomic E-state index is 9.79. The molecule has 74 valence electrons. The van der Waals surface area contributed by atoms with Gasteiger partial charge >= 0.3 is 21.1 Å². The molecule has 4 N–H and O–H groups in total. The van der Waals surface area contributed by atoms with Crippen LogP contribution in [0.1, 0.15) is 6.42 Å². The first kappa shape index (κ1) is 22.7. The van der Waals surface area contributed by atoms with Gasteiger partial charge in [0.2, 0.25) is 0 Å². The molecule has 1 unspecified atom stereocenters. The summed E-state index contributed by atoms with van der Waals surface area (Å²) in [4.78, 5) is 18.3. The number of carboxylic acids is 2. The molecule has 12 heavy (non-hydrogen) atoms. The molecule has 0 aliphatic heterocycles. The molecule has 1 atom stereocenters. The van der Waals surface area contributed by atoms with Crippen LogP contribution in [0.15, 0.2) is 0 Å². The van der Waals surface area contributed by atoms with E-state index in [2.05, 4.69) is 15.9 Å². The van der Waals surface area contributed by atoms with Gasteiger partial charge in [-0.3, -0.25) is 0 Å². The zero-order chi connectivity index (χ0) is 7.44. The monoisotopic (exact) mass is 421 g/mol. The summed E-state index contributed by atoms with van der Waals surface area (Å²) in [6.07, 6.45) is -0.567. The normalized spacial score (nSPS) is 9.42. The van der Waals surface area contributed by atoms with Crippen LogP contribution in [0, 0.1) is 0 Å². The molecule has 0 amide bonds. The molecule has 0 saturated carbocycles. The Bertz CT molecular complexity index is 145. The number of carbonyl (C=O) groups is 2. The van der Waals surface area contributed by atoms with Crippen LogP contribution in [0.3, 0.4) is 0 Å². The van der Waals surface area contributed by atoms with Crippen LogP contribution >= 0.6 is 15.9 Å². The fourth-order valence-electron chi connectivity index (χ4n) is 0.230. The van der Waals surface area contributed by atoms with E-state index >= 15 is 0 Å². The summed E-state index contributed by atoms with van der Waals surface area (Å²) >= 11 is 2.56. The van der Waals surface area contributed by atoms with Gasteiger partial charge in [-0.25, -0.2) is 0 Å². The van der Waals surface area contributed by atoms with E-state index in [1.165, 1.54) is 0 Å². The Balaban J connectivity index is -0.000000107. The summed E-state index contributed by atoms with van der Waals surface area (Å²) in [5.41, 5.74) is 0. The molecule has 0 aromatic carbocycles. The summed E-state index contributed by atoms with van der Waals surface area (Å²) < 4.78 is 0. The van der Waals surface area contributed by atoms with Crippen molar-refractivity contribution >= 4 is 27.9 Å². The Hall–Kier alpha value is 0.0283. The number of hydrogen-bond donors (Lipinski definition) is 0.